The second kappa shape index (κ2) is 5.11. The molecule has 0 amide bonds. The molecule has 1 unspecified atom stereocenters. The van der Waals surface area contributed by atoms with Crippen LogP contribution in [0.4, 0.5) is 11.7 Å². The highest BCUT2D eigenvalue weighted by Gasteiger charge is 2.19. The van der Waals surface area contributed by atoms with Gasteiger partial charge in [-0.3, -0.25) is 0 Å². The van der Waals surface area contributed by atoms with Crippen molar-refractivity contribution in [3.8, 4) is 0 Å². The number of hydrogen-bond donors (Lipinski definition) is 1. The smallest absolute Gasteiger partial charge is 0.298 e. The molecule has 3 rings (SSSR count). The van der Waals surface area contributed by atoms with E-state index < -0.39 is 0 Å². The van der Waals surface area contributed by atoms with Gasteiger partial charge < -0.3 is 15.1 Å². The second-order valence-electron chi connectivity index (χ2n) is 5.42. The number of nitrogens with zero attached hydrogens (tertiary/aromatic N) is 2. The molecular formula is C15H21N3O. The van der Waals surface area contributed by atoms with Crippen molar-refractivity contribution in [2.45, 2.75) is 32.6 Å². The average Bonchev–Trinajstić information content (AvgIpc) is 2.68. The molecule has 0 aliphatic carbocycles. The summed E-state index contributed by atoms with van der Waals surface area (Å²) in [6, 6.07) is 6.37. The van der Waals surface area contributed by atoms with Gasteiger partial charge in [0.2, 0.25) is 0 Å². The quantitative estimate of drug-likeness (QED) is 0.839. The van der Waals surface area contributed by atoms with Crippen molar-refractivity contribution in [1.29, 1.82) is 0 Å². The minimum absolute atomic E-state index is 0.731. The fourth-order valence-corrected chi connectivity index (χ4v) is 2.83. The van der Waals surface area contributed by atoms with Crippen LogP contribution in [-0.2, 0) is 0 Å². The molecule has 0 spiro atoms. The van der Waals surface area contributed by atoms with Crippen LogP contribution in [0.1, 0.15) is 32.6 Å². The Morgan fingerprint density at radius 1 is 1.37 bits per heavy atom. The van der Waals surface area contributed by atoms with Gasteiger partial charge in [0.25, 0.3) is 6.01 Å². The number of nitrogens with two attached hydrogens (primary N) is 1. The molecule has 2 heterocycles. The zero-order valence-electron chi connectivity index (χ0n) is 11.4. The summed E-state index contributed by atoms with van der Waals surface area (Å²) < 4.78 is 5.85. The summed E-state index contributed by atoms with van der Waals surface area (Å²) in [5.41, 5.74) is 8.18. The molecule has 2 aromatic rings. The summed E-state index contributed by atoms with van der Waals surface area (Å²) >= 11 is 0. The van der Waals surface area contributed by atoms with E-state index in [-0.39, 0.29) is 0 Å². The van der Waals surface area contributed by atoms with E-state index in [0.29, 0.717) is 0 Å². The highest BCUT2D eigenvalue weighted by Crippen LogP contribution is 2.27. The van der Waals surface area contributed by atoms with Gasteiger partial charge in [-0.15, -0.1) is 0 Å². The molecule has 4 nitrogen and oxygen atoms in total. The maximum Gasteiger partial charge on any atom is 0.298 e. The molecule has 0 radical (unpaired) electrons. The highest BCUT2D eigenvalue weighted by molar-refractivity contribution is 5.78. The van der Waals surface area contributed by atoms with Crippen molar-refractivity contribution in [2.24, 2.45) is 5.92 Å². The fourth-order valence-electron chi connectivity index (χ4n) is 2.83. The first-order valence-corrected chi connectivity index (χ1v) is 7.17. The standard InChI is InChI=1S/C15H21N3O/c1-2-11-4-3-8-18(9-7-11)15-17-13-10-12(16)5-6-14(13)19-15/h5-6,10-11H,2-4,7-9,16H2,1H3. The predicted molar refractivity (Wildman–Crippen MR) is 78.3 cm³/mol. The zero-order chi connectivity index (χ0) is 13.2. The molecule has 1 saturated heterocycles. The Kier molecular flexibility index (Phi) is 3.32. The summed E-state index contributed by atoms with van der Waals surface area (Å²) in [5, 5.41) is 0. The lowest BCUT2D eigenvalue weighted by molar-refractivity contribution is 0.458. The van der Waals surface area contributed by atoms with Crippen molar-refractivity contribution in [3.05, 3.63) is 18.2 Å². The number of fused-ring (bicyclic) bond motifs is 1. The molecular weight excluding hydrogens is 238 g/mol. The van der Waals surface area contributed by atoms with E-state index in [4.69, 9.17) is 10.2 Å². The normalized spacial score (nSPS) is 20.7. The van der Waals surface area contributed by atoms with Crippen LogP contribution in [0.3, 0.4) is 0 Å². The van der Waals surface area contributed by atoms with Gasteiger partial charge in [0.15, 0.2) is 5.58 Å². The first-order chi connectivity index (χ1) is 9.26. The van der Waals surface area contributed by atoms with Gasteiger partial charge in [-0.1, -0.05) is 13.3 Å². The van der Waals surface area contributed by atoms with Crippen LogP contribution < -0.4 is 10.6 Å². The SMILES string of the molecule is CCC1CCCN(c2nc3cc(N)ccc3o2)CC1. The Morgan fingerprint density at radius 2 is 2.26 bits per heavy atom. The summed E-state index contributed by atoms with van der Waals surface area (Å²) in [4.78, 5) is 6.84. The van der Waals surface area contributed by atoms with Gasteiger partial charge in [-0.25, -0.2) is 0 Å². The van der Waals surface area contributed by atoms with Crippen molar-refractivity contribution < 1.29 is 4.42 Å². The first kappa shape index (κ1) is 12.3. The Labute approximate surface area is 113 Å². The molecule has 1 aliphatic heterocycles. The van der Waals surface area contributed by atoms with E-state index in [9.17, 15) is 0 Å². The minimum Gasteiger partial charge on any atom is -0.423 e. The van der Waals surface area contributed by atoms with Gasteiger partial charge in [-0.2, -0.15) is 4.98 Å². The summed E-state index contributed by atoms with van der Waals surface area (Å²) in [6.45, 7) is 4.36. The van der Waals surface area contributed by atoms with Gasteiger partial charge >= 0.3 is 0 Å². The van der Waals surface area contributed by atoms with E-state index in [2.05, 4.69) is 16.8 Å². The number of rotatable bonds is 2. The number of nitrogen functional groups attached to an aromatic ring is 1. The lowest BCUT2D eigenvalue weighted by atomic mass is 9.98. The van der Waals surface area contributed by atoms with Crippen LogP contribution in [0.25, 0.3) is 11.1 Å². The molecule has 1 aliphatic rings. The van der Waals surface area contributed by atoms with Crippen LogP contribution in [0.2, 0.25) is 0 Å². The van der Waals surface area contributed by atoms with Crippen molar-refractivity contribution in [1.82, 2.24) is 4.98 Å². The number of hydrogen-bond acceptors (Lipinski definition) is 4. The topological polar surface area (TPSA) is 55.3 Å². The molecule has 1 atom stereocenters. The molecule has 1 aromatic heterocycles. The third-order valence-corrected chi connectivity index (χ3v) is 4.10. The second-order valence-corrected chi connectivity index (χ2v) is 5.42. The molecule has 19 heavy (non-hydrogen) atoms. The van der Waals surface area contributed by atoms with Gasteiger partial charge in [0, 0.05) is 18.8 Å². The van der Waals surface area contributed by atoms with E-state index in [1.54, 1.807) is 0 Å². The highest BCUT2D eigenvalue weighted by atomic mass is 16.4. The van der Waals surface area contributed by atoms with Crippen LogP contribution in [-0.4, -0.2) is 18.1 Å². The lowest BCUT2D eigenvalue weighted by Gasteiger charge is -2.17. The Hall–Kier alpha value is -1.71. The van der Waals surface area contributed by atoms with Gasteiger partial charge in [0.1, 0.15) is 5.52 Å². The number of aromatic nitrogens is 1. The molecule has 1 fully saturated rings. The lowest BCUT2D eigenvalue weighted by Crippen LogP contribution is -2.24. The molecule has 1 aromatic carbocycles. The van der Waals surface area contributed by atoms with Gasteiger partial charge in [-0.05, 0) is 43.4 Å². The zero-order valence-corrected chi connectivity index (χ0v) is 11.4. The third kappa shape index (κ3) is 2.53. The molecule has 0 bridgehead atoms. The third-order valence-electron chi connectivity index (χ3n) is 4.10. The largest absolute Gasteiger partial charge is 0.423 e. The number of anilines is 2. The average molecular weight is 259 g/mol. The minimum atomic E-state index is 0.731. The van der Waals surface area contributed by atoms with E-state index in [1.807, 2.05) is 18.2 Å². The number of benzene rings is 1. The van der Waals surface area contributed by atoms with Gasteiger partial charge in [0.05, 0.1) is 0 Å². The van der Waals surface area contributed by atoms with E-state index >= 15 is 0 Å². The first-order valence-electron chi connectivity index (χ1n) is 7.17. The Morgan fingerprint density at radius 3 is 3.11 bits per heavy atom. The van der Waals surface area contributed by atoms with Crippen LogP contribution in [0.5, 0.6) is 0 Å². The maximum atomic E-state index is 5.85. The number of oxazole rings is 1. The molecule has 0 saturated carbocycles. The van der Waals surface area contributed by atoms with Crippen LogP contribution in [0, 0.1) is 5.92 Å². The summed E-state index contributed by atoms with van der Waals surface area (Å²) in [7, 11) is 0. The summed E-state index contributed by atoms with van der Waals surface area (Å²) in [5.74, 6) is 0.852. The van der Waals surface area contributed by atoms with Crippen molar-refractivity contribution in [3.63, 3.8) is 0 Å². The molecule has 4 heteroatoms. The molecule has 102 valence electrons. The Balaban J connectivity index is 1.83. The predicted octanol–water partition coefficient (Wildman–Crippen LogP) is 3.43. The Bertz CT molecular complexity index is 564. The molecule has 2 N–H and O–H groups in total. The van der Waals surface area contributed by atoms with Crippen LogP contribution >= 0.6 is 0 Å². The summed E-state index contributed by atoms with van der Waals surface area (Å²) in [6.07, 6.45) is 5.05. The van der Waals surface area contributed by atoms with Crippen molar-refractivity contribution >= 4 is 22.8 Å². The van der Waals surface area contributed by atoms with Crippen molar-refractivity contribution in [2.75, 3.05) is 23.7 Å². The van der Waals surface area contributed by atoms with E-state index in [1.165, 1.54) is 25.7 Å². The maximum absolute atomic E-state index is 5.85. The fraction of sp³-hybridized carbons (Fsp3) is 0.533. The van der Waals surface area contributed by atoms with E-state index in [0.717, 1.165) is 41.8 Å². The monoisotopic (exact) mass is 259 g/mol. The van der Waals surface area contributed by atoms with Crippen LogP contribution in [0.15, 0.2) is 22.6 Å².